The number of alkyl halides is 6. The van der Waals surface area contributed by atoms with Crippen molar-refractivity contribution >= 4 is 14.0 Å². The molecule has 1 rings (SSSR count). The molecule has 0 amide bonds. The van der Waals surface area contributed by atoms with Crippen molar-refractivity contribution in [3.8, 4) is 0 Å². The molecule has 0 aliphatic heterocycles. The molecule has 1 aromatic carbocycles. The third kappa shape index (κ3) is 24.2. The van der Waals surface area contributed by atoms with Crippen LogP contribution in [0.3, 0.4) is 0 Å². The molecule has 0 heterocycles. The summed E-state index contributed by atoms with van der Waals surface area (Å²) in [5.41, 5.74) is 0. The number of halogens is 6. The van der Waals surface area contributed by atoms with Gasteiger partial charge in [0.2, 0.25) is 0 Å². The van der Waals surface area contributed by atoms with Gasteiger partial charge in [-0.15, -0.1) is 5.19 Å². The third-order valence-corrected chi connectivity index (χ3v) is 5.81. The fourth-order valence-electron chi connectivity index (χ4n) is 1.14. The Hall–Kier alpha value is -0.0900. The van der Waals surface area contributed by atoms with E-state index in [1.807, 2.05) is 20.8 Å². The van der Waals surface area contributed by atoms with Crippen molar-refractivity contribution in [2.75, 3.05) is 0 Å². The molecule has 3 N–H and O–H groups in total. The summed E-state index contributed by atoms with van der Waals surface area (Å²) in [5.74, 6) is -10.3. The largest absolute Gasteiger partial charge is 0.393 e. The van der Waals surface area contributed by atoms with Crippen LogP contribution in [0.4, 0.5) is 26.3 Å². The first kappa shape index (κ1) is 37.2. The van der Waals surface area contributed by atoms with Crippen molar-refractivity contribution in [3.63, 3.8) is 0 Å². The Morgan fingerprint density at radius 3 is 1.03 bits per heavy atom. The SMILES string of the molecule is CCC(C)O.CCC(C)O.CCC(C)O.FC(F)(F)[SiH]([c-]1cccc1)C(F)(F)F.[Zr]. The minimum absolute atomic E-state index is 0. The second-order valence-electron chi connectivity index (χ2n) is 6.51. The normalized spacial score (nSPS) is 13.9. The summed E-state index contributed by atoms with van der Waals surface area (Å²) in [6.45, 7) is 11.2. The van der Waals surface area contributed by atoms with Gasteiger partial charge in [0.25, 0.3) is 8.80 Å². The summed E-state index contributed by atoms with van der Waals surface area (Å²) in [5, 5.41) is 24.4. The van der Waals surface area contributed by atoms with Crippen LogP contribution < -0.4 is 5.19 Å². The number of aliphatic hydroxyl groups is 3. The molecule has 3 nitrogen and oxygen atoms in total. The fourth-order valence-corrected chi connectivity index (χ4v) is 2.88. The molecular formula is C19H35F6O3SiZr-. The van der Waals surface area contributed by atoms with Crippen molar-refractivity contribution in [1.82, 2.24) is 0 Å². The van der Waals surface area contributed by atoms with Crippen LogP contribution in [0, 0.1) is 0 Å². The smallest absolute Gasteiger partial charge is 0.361 e. The van der Waals surface area contributed by atoms with Crippen LogP contribution in [0.1, 0.15) is 60.8 Å². The van der Waals surface area contributed by atoms with Crippen molar-refractivity contribution in [2.24, 2.45) is 0 Å². The molecule has 11 heteroatoms. The average Bonchev–Trinajstić information content (AvgIpc) is 3.07. The van der Waals surface area contributed by atoms with Crippen molar-refractivity contribution in [3.05, 3.63) is 24.3 Å². The first-order valence-corrected chi connectivity index (χ1v) is 11.2. The Bertz CT molecular complexity index is 431. The van der Waals surface area contributed by atoms with E-state index in [4.69, 9.17) is 15.3 Å². The summed E-state index contributed by atoms with van der Waals surface area (Å²) < 4.78 is 72.7. The van der Waals surface area contributed by atoms with E-state index in [9.17, 15) is 26.3 Å². The molecule has 30 heavy (non-hydrogen) atoms. The Morgan fingerprint density at radius 1 is 0.700 bits per heavy atom. The molecule has 180 valence electrons. The van der Waals surface area contributed by atoms with Crippen molar-refractivity contribution in [1.29, 1.82) is 0 Å². The standard InChI is InChI=1S/C7H5F6Si.3C4H10O.Zr/c8-6(9,10)14(7(11,12)13)5-3-1-2-4-5;3*1-3-4(2)5;/h1-4,14H;3*4-5H,3H2,1-2H3;/q-1;;;;. The second-order valence-corrected chi connectivity index (χ2v) is 9.35. The minimum Gasteiger partial charge on any atom is -0.393 e. The summed E-state index contributed by atoms with van der Waals surface area (Å²) in [6, 6.07) is 4.09. The Labute approximate surface area is 196 Å². The van der Waals surface area contributed by atoms with E-state index >= 15 is 0 Å². The predicted octanol–water partition coefficient (Wildman–Crippen LogP) is 4.37. The topological polar surface area (TPSA) is 60.7 Å². The zero-order valence-electron chi connectivity index (χ0n) is 18.3. The molecule has 0 aromatic heterocycles. The van der Waals surface area contributed by atoms with Gasteiger partial charge in [0, 0.05) is 26.2 Å². The zero-order chi connectivity index (χ0) is 23.8. The Morgan fingerprint density at radius 2 is 0.900 bits per heavy atom. The van der Waals surface area contributed by atoms with Gasteiger partial charge in [-0.1, -0.05) is 20.8 Å². The van der Waals surface area contributed by atoms with Gasteiger partial charge in [0.15, 0.2) is 0 Å². The van der Waals surface area contributed by atoms with Gasteiger partial charge in [-0.2, -0.15) is 38.5 Å². The van der Waals surface area contributed by atoms with Gasteiger partial charge in [0.1, 0.15) is 0 Å². The van der Waals surface area contributed by atoms with Gasteiger partial charge in [-0.05, 0) is 40.0 Å². The monoisotopic (exact) mass is 543 g/mol. The quantitative estimate of drug-likeness (QED) is 0.300. The molecule has 0 aliphatic rings. The van der Waals surface area contributed by atoms with Gasteiger partial charge in [0.05, 0.1) is 18.3 Å². The molecule has 3 unspecified atom stereocenters. The Kier molecular flexibility index (Phi) is 24.3. The number of hydrogen-bond donors (Lipinski definition) is 3. The van der Waals surface area contributed by atoms with Gasteiger partial charge in [-0.3, -0.25) is 0 Å². The first-order chi connectivity index (χ1) is 13.0. The maximum Gasteiger partial charge on any atom is 0.361 e. The minimum atomic E-state index is -5.16. The summed E-state index contributed by atoms with van der Waals surface area (Å²) in [6.07, 6.45) is 2.24. The van der Waals surface area contributed by atoms with E-state index in [-0.39, 0.29) is 44.5 Å². The average molecular weight is 545 g/mol. The molecule has 0 radical (unpaired) electrons. The van der Waals surface area contributed by atoms with Crippen LogP contribution in [0.25, 0.3) is 0 Å². The van der Waals surface area contributed by atoms with E-state index in [2.05, 4.69) is 0 Å². The molecule has 0 saturated carbocycles. The summed E-state index contributed by atoms with van der Waals surface area (Å²) in [7, 11) is -4.92. The third-order valence-electron chi connectivity index (χ3n) is 3.45. The predicted molar refractivity (Wildman–Crippen MR) is 107 cm³/mol. The number of aliphatic hydroxyl groups excluding tert-OH is 3. The fraction of sp³-hybridized carbons (Fsp3) is 0.737. The molecule has 0 bridgehead atoms. The Balaban J connectivity index is -0.000000176. The molecule has 1 aromatic rings. The van der Waals surface area contributed by atoms with E-state index in [1.54, 1.807) is 20.8 Å². The van der Waals surface area contributed by atoms with Crippen LogP contribution in [0.2, 0.25) is 0 Å². The van der Waals surface area contributed by atoms with Crippen LogP contribution in [-0.4, -0.2) is 54.0 Å². The van der Waals surface area contributed by atoms with Gasteiger partial charge < -0.3 is 15.3 Å². The number of hydrogen-bond acceptors (Lipinski definition) is 3. The number of rotatable bonds is 4. The van der Waals surface area contributed by atoms with Gasteiger partial charge >= 0.3 is 11.6 Å². The van der Waals surface area contributed by atoms with E-state index < -0.39 is 25.6 Å². The summed E-state index contributed by atoms with van der Waals surface area (Å²) in [4.78, 5) is 0. The van der Waals surface area contributed by atoms with Crippen molar-refractivity contribution in [2.45, 2.75) is 90.7 Å². The van der Waals surface area contributed by atoms with E-state index in [0.29, 0.717) is 0 Å². The molecular weight excluding hydrogens is 510 g/mol. The van der Waals surface area contributed by atoms with E-state index in [0.717, 1.165) is 31.4 Å². The molecule has 0 fully saturated rings. The maximum atomic E-state index is 12.1. The molecule has 3 atom stereocenters. The van der Waals surface area contributed by atoms with Crippen molar-refractivity contribution < 1.29 is 67.9 Å². The first-order valence-electron chi connectivity index (χ1n) is 9.43. The molecule has 0 aliphatic carbocycles. The zero-order valence-corrected chi connectivity index (χ0v) is 22.0. The van der Waals surface area contributed by atoms with Crippen LogP contribution in [-0.2, 0) is 26.2 Å². The van der Waals surface area contributed by atoms with Crippen LogP contribution >= 0.6 is 0 Å². The van der Waals surface area contributed by atoms with Crippen LogP contribution in [0.5, 0.6) is 0 Å². The van der Waals surface area contributed by atoms with Gasteiger partial charge in [-0.25, -0.2) is 12.1 Å². The maximum absolute atomic E-state index is 12.1. The van der Waals surface area contributed by atoms with E-state index in [1.165, 1.54) is 12.1 Å². The summed E-state index contributed by atoms with van der Waals surface area (Å²) >= 11 is 0. The molecule has 0 saturated heterocycles. The second kappa shape index (κ2) is 19.6. The van der Waals surface area contributed by atoms with Crippen LogP contribution in [0.15, 0.2) is 24.3 Å². The molecule has 0 spiro atoms.